The molecule has 1 unspecified atom stereocenters. The van der Waals surface area contributed by atoms with Gasteiger partial charge in [-0.15, -0.1) is 0 Å². The van der Waals surface area contributed by atoms with Gasteiger partial charge in [0, 0.05) is 32.7 Å². The summed E-state index contributed by atoms with van der Waals surface area (Å²) in [6.45, 7) is 4.49. The van der Waals surface area contributed by atoms with Gasteiger partial charge in [0.05, 0.1) is 18.0 Å². The van der Waals surface area contributed by atoms with Gasteiger partial charge in [0.15, 0.2) is 0 Å². The van der Waals surface area contributed by atoms with Crippen LogP contribution in [0.4, 0.5) is 11.4 Å². The molecule has 1 saturated heterocycles. The van der Waals surface area contributed by atoms with Crippen LogP contribution < -0.4 is 15.1 Å². The summed E-state index contributed by atoms with van der Waals surface area (Å²) in [4.78, 5) is 17.4. The Morgan fingerprint density at radius 3 is 2.58 bits per heavy atom. The minimum atomic E-state index is -0.391. The highest BCUT2D eigenvalue weighted by molar-refractivity contribution is 6.00. The zero-order valence-corrected chi connectivity index (χ0v) is 14.9. The highest BCUT2D eigenvalue weighted by Crippen LogP contribution is 2.33. The molecule has 4 rings (SSSR count). The average molecular weight is 351 g/mol. The Hall–Kier alpha value is -2.37. The van der Waals surface area contributed by atoms with E-state index in [4.69, 9.17) is 4.74 Å². The Morgan fingerprint density at radius 1 is 1.04 bits per heavy atom. The number of ether oxygens (including phenoxy) is 1. The molecule has 5 nitrogen and oxygen atoms in total. The molecule has 1 N–H and O–H groups in total. The van der Waals surface area contributed by atoms with Crippen molar-refractivity contribution in [2.75, 3.05) is 42.6 Å². The van der Waals surface area contributed by atoms with E-state index < -0.39 is 6.10 Å². The van der Waals surface area contributed by atoms with Gasteiger partial charge < -0.3 is 19.9 Å². The van der Waals surface area contributed by atoms with Crippen LogP contribution in [0.2, 0.25) is 0 Å². The van der Waals surface area contributed by atoms with Gasteiger partial charge in [-0.1, -0.05) is 42.5 Å². The number of carbonyl (C=O) groups excluding carboxylic acids is 1. The second-order valence-electron chi connectivity index (χ2n) is 6.80. The predicted octanol–water partition coefficient (Wildman–Crippen LogP) is 2.42. The molecular weight excluding hydrogens is 326 g/mol. The lowest BCUT2D eigenvalue weighted by Gasteiger charge is -2.30. The van der Waals surface area contributed by atoms with E-state index in [1.165, 1.54) is 5.56 Å². The standard InChI is InChI=1S/C21H25N3O2/c25-21(20-15-22-11-14-26-20)24-13-6-12-23(16-17-7-2-1-3-8-17)18-9-4-5-10-19(18)24/h1-5,7-10,20,22H,6,11-16H2. The molecule has 0 spiro atoms. The highest BCUT2D eigenvalue weighted by Gasteiger charge is 2.31. The second-order valence-corrected chi connectivity index (χ2v) is 6.80. The number of hydrogen-bond acceptors (Lipinski definition) is 4. The first-order chi connectivity index (χ1) is 12.8. The van der Waals surface area contributed by atoms with Crippen molar-refractivity contribution in [2.45, 2.75) is 19.1 Å². The first kappa shape index (κ1) is 17.1. The number of hydrogen-bond donors (Lipinski definition) is 1. The third-order valence-corrected chi connectivity index (χ3v) is 5.01. The van der Waals surface area contributed by atoms with Crippen LogP contribution in [0, 0.1) is 0 Å². The number of rotatable bonds is 3. The average Bonchev–Trinajstić information content (AvgIpc) is 2.89. The van der Waals surface area contributed by atoms with Crippen LogP contribution >= 0.6 is 0 Å². The molecule has 0 radical (unpaired) electrons. The second kappa shape index (κ2) is 7.89. The molecule has 0 aliphatic carbocycles. The number of anilines is 2. The van der Waals surface area contributed by atoms with Gasteiger partial charge in [0.2, 0.25) is 0 Å². The van der Waals surface area contributed by atoms with E-state index in [-0.39, 0.29) is 5.91 Å². The molecule has 1 fully saturated rings. The number of para-hydroxylation sites is 2. The maximum atomic E-state index is 13.1. The van der Waals surface area contributed by atoms with Crippen molar-refractivity contribution in [2.24, 2.45) is 0 Å². The predicted molar refractivity (Wildman–Crippen MR) is 104 cm³/mol. The smallest absolute Gasteiger partial charge is 0.257 e. The fraction of sp³-hybridized carbons (Fsp3) is 0.381. The molecule has 0 saturated carbocycles. The van der Waals surface area contributed by atoms with Crippen LogP contribution in [-0.2, 0) is 16.1 Å². The summed E-state index contributed by atoms with van der Waals surface area (Å²) in [5.74, 6) is 0.0613. The van der Waals surface area contributed by atoms with E-state index in [0.29, 0.717) is 13.2 Å². The van der Waals surface area contributed by atoms with Gasteiger partial charge >= 0.3 is 0 Å². The van der Waals surface area contributed by atoms with E-state index in [2.05, 4.69) is 40.5 Å². The molecule has 2 aromatic carbocycles. The van der Waals surface area contributed by atoms with Crippen LogP contribution in [0.5, 0.6) is 0 Å². The third kappa shape index (κ3) is 3.59. The summed E-state index contributed by atoms with van der Waals surface area (Å²) in [5.41, 5.74) is 3.38. The Labute approximate surface area is 154 Å². The van der Waals surface area contributed by atoms with E-state index in [1.807, 2.05) is 29.2 Å². The number of morpholine rings is 1. The summed E-state index contributed by atoms with van der Waals surface area (Å²) in [5, 5.41) is 3.25. The molecule has 5 heteroatoms. The molecule has 2 aliphatic heterocycles. The maximum Gasteiger partial charge on any atom is 0.257 e. The number of amides is 1. The topological polar surface area (TPSA) is 44.8 Å². The van der Waals surface area contributed by atoms with E-state index in [9.17, 15) is 4.79 Å². The van der Waals surface area contributed by atoms with Gasteiger partial charge in [-0.3, -0.25) is 4.79 Å². The van der Waals surface area contributed by atoms with Gasteiger partial charge in [-0.25, -0.2) is 0 Å². The number of benzene rings is 2. The van der Waals surface area contributed by atoms with Crippen molar-refractivity contribution in [3.8, 4) is 0 Å². The normalized spacial score (nSPS) is 20.4. The fourth-order valence-electron chi connectivity index (χ4n) is 3.72. The van der Waals surface area contributed by atoms with Crippen LogP contribution in [-0.4, -0.2) is 44.8 Å². The largest absolute Gasteiger partial charge is 0.366 e. The Bertz CT molecular complexity index is 744. The van der Waals surface area contributed by atoms with Gasteiger partial charge in [0.25, 0.3) is 5.91 Å². The third-order valence-electron chi connectivity index (χ3n) is 5.01. The van der Waals surface area contributed by atoms with Crippen LogP contribution in [0.1, 0.15) is 12.0 Å². The molecule has 26 heavy (non-hydrogen) atoms. The summed E-state index contributed by atoms with van der Waals surface area (Å²) < 4.78 is 5.70. The quantitative estimate of drug-likeness (QED) is 0.922. The SMILES string of the molecule is O=C(C1CNCCO1)N1CCCN(Cc2ccccc2)c2ccccc21. The zero-order valence-electron chi connectivity index (χ0n) is 14.9. The number of nitrogens with zero attached hydrogens (tertiary/aromatic N) is 2. The van der Waals surface area contributed by atoms with E-state index in [1.54, 1.807) is 0 Å². The molecule has 1 amide bonds. The summed E-state index contributed by atoms with van der Waals surface area (Å²) in [6.07, 6.45) is 0.547. The van der Waals surface area contributed by atoms with E-state index >= 15 is 0 Å². The Kier molecular flexibility index (Phi) is 5.18. The van der Waals surface area contributed by atoms with Crippen molar-refractivity contribution in [3.63, 3.8) is 0 Å². The molecule has 2 aromatic rings. The molecular formula is C21H25N3O2. The zero-order chi connectivity index (χ0) is 17.8. The van der Waals surface area contributed by atoms with Gasteiger partial charge in [-0.2, -0.15) is 0 Å². The minimum absolute atomic E-state index is 0.0613. The first-order valence-corrected chi connectivity index (χ1v) is 9.34. The molecule has 136 valence electrons. The molecule has 0 aromatic heterocycles. The van der Waals surface area contributed by atoms with Crippen molar-refractivity contribution >= 4 is 17.3 Å². The molecule has 2 heterocycles. The molecule has 2 aliphatic rings. The van der Waals surface area contributed by atoms with E-state index in [0.717, 1.165) is 44.0 Å². The van der Waals surface area contributed by atoms with Gasteiger partial charge in [0.1, 0.15) is 6.10 Å². The first-order valence-electron chi connectivity index (χ1n) is 9.34. The van der Waals surface area contributed by atoms with Crippen LogP contribution in [0.15, 0.2) is 54.6 Å². The van der Waals surface area contributed by atoms with Crippen LogP contribution in [0.25, 0.3) is 0 Å². The van der Waals surface area contributed by atoms with Crippen LogP contribution in [0.3, 0.4) is 0 Å². The van der Waals surface area contributed by atoms with Crippen molar-refractivity contribution in [1.82, 2.24) is 5.32 Å². The van der Waals surface area contributed by atoms with Gasteiger partial charge in [-0.05, 0) is 24.1 Å². The lowest BCUT2D eigenvalue weighted by Crippen LogP contribution is -2.49. The monoisotopic (exact) mass is 351 g/mol. The Morgan fingerprint density at radius 2 is 1.81 bits per heavy atom. The summed E-state index contributed by atoms with van der Waals surface area (Å²) >= 11 is 0. The lowest BCUT2D eigenvalue weighted by atomic mass is 10.1. The lowest BCUT2D eigenvalue weighted by molar-refractivity contribution is -0.131. The maximum absolute atomic E-state index is 13.1. The summed E-state index contributed by atoms with van der Waals surface area (Å²) in [6, 6.07) is 18.7. The molecule has 0 bridgehead atoms. The fourth-order valence-corrected chi connectivity index (χ4v) is 3.72. The molecule has 1 atom stereocenters. The Balaban J connectivity index is 1.61. The number of carbonyl (C=O) groups is 1. The number of nitrogens with one attached hydrogen (secondary N) is 1. The van der Waals surface area contributed by atoms with Crippen molar-refractivity contribution < 1.29 is 9.53 Å². The number of fused-ring (bicyclic) bond motifs is 1. The highest BCUT2D eigenvalue weighted by atomic mass is 16.5. The van der Waals surface area contributed by atoms with Crippen molar-refractivity contribution in [3.05, 3.63) is 60.2 Å². The minimum Gasteiger partial charge on any atom is -0.366 e. The summed E-state index contributed by atoms with van der Waals surface area (Å²) in [7, 11) is 0. The van der Waals surface area contributed by atoms with Crippen molar-refractivity contribution in [1.29, 1.82) is 0 Å².